The Morgan fingerprint density at radius 2 is 1.83 bits per heavy atom. The number of nitrogens with two attached hydrogens (primary N) is 1. The average Bonchev–Trinajstić information content (AvgIpc) is 2.56. The van der Waals surface area contributed by atoms with Crippen LogP contribution < -0.4 is 15.8 Å². The molecule has 130 valence electrons. The van der Waals surface area contributed by atoms with Crippen LogP contribution in [0.15, 0.2) is 59.6 Å². The van der Waals surface area contributed by atoms with Crippen molar-refractivity contribution in [3.8, 4) is 11.5 Å². The predicted molar refractivity (Wildman–Crippen MR) is 116 cm³/mol. The molecule has 0 bridgehead atoms. The Bertz CT molecular complexity index is 623. The summed E-state index contributed by atoms with van der Waals surface area (Å²) in [4.78, 5) is 4.34. The van der Waals surface area contributed by atoms with Crippen LogP contribution in [-0.4, -0.2) is 24.5 Å². The van der Waals surface area contributed by atoms with Gasteiger partial charge in [-0.05, 0) is 49.1 Å². The maximum Gasteiger partial charge on any atom is 0.193 e. The zero-order valence-corrected chi connectivity index (χ0v) is 16.9. The van der Waals surface area contributed by atoms with Crippen molar-refractivity contribution >= 4 is 47.4 Å². The highest BCUT2D eigenvalue weighted by atomic mass is 127. The number of halogens is 1. The van der Waals surface area contributed by atoms with Crippen LogP contribution in [0.3, 0.4) is 0 Å². The Hall–Kier alpha value is -1.41. The highest BCUT2D eigenvalue weighted by Crippen LogP contribution is 2.23. The number of para-hydroxylation sites is 1. The Balaban J connectivity index is 0.00000288. The summed E-state index contributed by atoms with van der Waals surface area (Å²) < 4.78 is 5.80. The van der Waals surface area contributed by atoms with Gasteiger partial charge in [-0.25, -0.2) is 0 Å². The molecule has 0 fully saturated rings. The van der Waals surface area contributed by atoms with Crippen LogP contribution in [0.2, 0.25) is 0 Å². The molecule has 0 aromatic heterocycles. The Morgan fingerprint density at radius 1 is 1.08 bits per heavy atom. The minimum atomic E-state index is 0. The largest absolute Gasteiger partial charge is 0.457 e. The van der Waals surface area contributed by atoms with E-state index in [9.17, 15) is 0 Å². The first kappa shape index (κ1) is 20.6. The quantitative estimate of drug-likeness (QED) is 0.255. The first-order valence-electron chi connectivity index (χ1n) is 7.67. The lowest BCUT2D eigenvalue weighted by atomic mass is 10.3. The highest BCUT2D eigenvalue weighted by molar-refractivity contribution is 14.0. The molecule has 4 nitrogen and oxygen atoms in total. The predicted octanol–water partition coefficient (Wildman–Crippen LogP) is 4.97. The molecular formula is C18H24IN3OS. The Kier molecular flexibility index (Phi) is 10.3. The summed E-state index contributed by atoms with van der Waals surface area (Å²) in [5.74, 6) is 3.17. The molecule has 2 aromatic rings. The molecule has 0 saturated carbocycles. The molecule has 0 aliphatic rings. The van der Waals surface area contributed by atoms with Gasteiger partial charge in [-0.2, -0.15) is 11.8 Å². The van der Waals surface area contributed by atoms with E-state index < -0.39 is 0 Å². The lowest BCUT2D eigenvalue weighted by Gasteiger charge is -2.09. The molecule has 0 atom stereocenters. The number of hydrogen-bond acceptors (Lipinski definition) is 3. The van der Waals surface area contributed by atoms with Gasteiger partial charge in [0.2, 0.25) is 0 Å². The van der Waals surface area contributed by atoms with Gasteiger partial charge in [-0.15, -0.1) is 24.0 Å². The van der Waals surface area contributed by atoms with Crippen molar-refractivity contribution in [1.29, 1.82) is 0 Å². The molecule has 24 heavy (non-hydrogen) atoms. The molecule has 0 heterocycles. The molecule has 0 saturated heterocycles. The van der Waals surface area contributed by atoms with E-state index in [1.807, 2.05) is 66.4 Å². The van der Waals surface area contributed by atoms with E-state index in [0.717, 1.165) is 30.2 Å². The third-order valence-corrected chi connectivity index (χ3v) is 3.82. The summed E-state index contributed by atoms with van der Waals surface area (Å²) in [6.45, 7) is 0.750. The average molecular weight is 457 g/mol. The molecule has 0 spiro atoms. The number of anilines is 1. The number of benzene rings is 2. The number of thioether (sulfide) groups is 1. The minimum absolute atomic E-state index is 0. The number of ether oxygens (including phenoxy) is 1. The molecule has 2 aromatic carbocycles. The first-order chi connectivity index (χ1) is 11.3. The van der Waals surface area contributed by atoms with Crippen LogP contribution in [0, 0.1) is 0 Å². The van der Waals surface area contributed by atoms with Gasteiger partial charge in [0.05, 0.1) is 0 Å². The number of guanidine groups is 1. The summed E-state index contributed by atoms with van der Waals surface area (Å²) in [7, 11) is 0. The summed E-state index contributed by atoms with van der Waals surface area (Å²) in [6, 6.07) is 17.4. The Labute approximate surface area is 165 Å². The second kappa shape index (κ2) is 12.0. The smallest absolute Gasteiger partial charge is 0.193 e. The van der Waals surface area contributed by atoms with Gasteiger partial charge in [0.25, 0.3) is 0 Å². The van der Waals surface area contributed by atoms with E-state index in [0.29, 0.717) is 5.96 Å². The fourth-order valence-electron chi connectivity index (χ4n) is 2.01. The zero-order chi connectivity index (χ0) is 16.3. The summed E-state index contributed by atoms with van der Waals surface area (Å²) in [5, 5.41) is 3.10. The summed E-state index contributed by atoms with van der Waals surface area (Å²) in [5.41, 5.74) is 6.78. The van der Waals surface area contributed by atoms with Gasteiger partial charge in [0.15, 0.2) is 5.96 Å². The fourth-order valence-corrected chi connectivity index (χ4v) is 2.50. The van der Waals surface area contributed by atoms with Gasteiger partial charge >= 0.3 is 0 Å². The van der Waals surface area contributed by atoms with E-state index in [4.69, 9.17) is 10.5 Å². The zero-order valence-electron chi connectivity index (χ0n) is 13.8. The number of nitrogens with one attached hydrogen (secondary N) is 1. The summed E-state index contributed by atoms with van der Waals surface area (Å²) in [6.07, 6.45) is 4.34. The minimum Gasteiger partial charge on any atom is -0.457 e. The van der Waals surface area contributed by atoms with E-state index in [1.54, 1.807) is 0 Å². The van der Waals surface area contributed by atoms with E-state index in [1.165, 1.54) is 12.2 Å². The maximum atomic E-state index is 5.92. The highest BCUT2D eigenvalue weighted by Gasteiger charge is 2.00. The SMILES string of the molecule is CSCCCCN=C(N)Nc1cccc(Oc2ccccc2)c1.I. The normalized spacial score (nSPS) is 10.8. The number of nitrogens with zero attached hydrogens (tertiary/aromatic N) is 1. The molecule has 3 N–H and O–H groups in total. The topological polar surface area (TPSA) is 59.6 Å². The molecule has 0 radical (unpaired) electrons. The number of aliphatic imine (C=N–C) groups is 1. The van der Waals surface area contributed by atoms with Crippen LogP contribution >= 0.6 is 35.7 Å². The lowest BCUT2D eigenvalue weighted by Crippen LogP contribution is -2.22. The third-order valence-electron chi connectivity index (χ3n) is 3.12. The lowest BCUT2D eigenvalue weighted by molar-refractivity contribution is 0.483. The molecule has 0 aliphatic heterocycles. The van der Waals surface area contributed by atoms with Gasteiger partial charge in [0, 0.05) is 18.3 Å². The molecule has 0 amide bonds. The second-order valence-corrected chi connectivity index (χ2v) is 6.02. The van der Waals surface area contributed by atoms with Crippen molar-refractivity contribution in [2.75, 3.05) is 23.9 Å². The van der Waals surface area contributed by atoms with Crippen LogP contribution in [0.1, 0.15) is 12.8 Å². The van der Waals surface area contributed by atoms with Crippen LogP contribution in [0.25, 0.3) is 0 Å². The van der Waals surface area contributed by atoms with Crippen LogP contribution in [0.4, 0.5) is 5.69 Å². The fraction of sp³-hybridized carbons (Fsp3) is 0.278. The van der Waals surface area contributed by atoms with Crippen LogP contribution in [-0.2, 0) is 0 Å². The Morgan fingerprint density at radius 3 is 2.58 bits per heavy atom. The monoisotopic (exact) mass is 457 g/mol. The van der Waals surface area contributed by atoms with E-state index in [2.05, 4.69) is 16.6 Å². The van der Waals surface area contributed by atoms with Crippen LogP contribution in [0.5, 0.6) is 11.5 Å². The first-order valence-corrected chi connectivity index (χ1v) is 9.06. The maximum absolute atomic E-state index is 5.92. The molecule has 2 rings (SSSR count). The number of rotatable bonds is 8. The molecule has 0 unspecified atom stereocenters. The van der Waals surface area contributed by atoms with Gasteiger partial charge in [0.1, 0.15) is 11.5 Å². The third kappa shape index (κ3) is 7.92. The van der Waals surface area contributed by atoms with Crippen molar-refractivity contribution in [1.82, 2.24) is 0 Å². The van der Waals surface area contributed by atoms with Crippen molar-refractivity contribution in [3.63, 3.8) is 0 Å². The summed E-state index contributed by atoms with van der Waals surface area (Å²) >= 11 is 1.86. The van der Waals surface area contributed by atoms with E-state index in [-0.39, 0.29) is 24.0 Å². The van der Waals surface area contributed by atoms with Crippen molar-refractivity contribution in [2.24, 2.45) is 10.7 Å². The van der Waals surface area contributed by atoms with Crippen molar-refractivity contribution in [2.45, 2.75) is 12.8 Å². The molecule has 6 heteroatoms. The number of hydrogen-bond donors (Lipinski definition) is 2. The number of unbranched alkanes of at least 4 members (excludes halogenated alkanes) is 1. The van der Waals surface area contributed by atoms with Gasteiger partial charge < -0.3 is 15.8 Å². The second-order valence-electron chi connectivity index (χ2n) is 5.03. The molecular weight excluding hydrogens is 433 g/mol. The van der Waals surface area contributed by atoms with Gasteiger partial charge in [-0.1, -0.05) is 24.3 Å². The van der Waals surface area contributed by atoms with E-state index >= 15 is 0 Å². The van der Waals surface area contributed by atoms with Gasteiger partial charge in [-0.3, -0.25) is 4.99 Å². The van der Waals surface area contributed by atoms with Crippen molar-refractivity contribution < 1.29 is 4.74 Å². The molecule has 0 aliphatic carbocycles. The van der Waals surface area contributed by atoms with Crippen molar-refractivity contribution in [3.05, 3.63) is 54.6 Å². The standard InChI is InChI=1S/C18H23N3OS.HI/c1-23-13-6-5-12-20-18(19)21-15-8-7-11-17(14-15)22-16-9-3-2-4-10-16;/h2-4,7-11,14H,5-6,12-13H2,1H3,(H3,19,20,21);1H.